The van der Waals surface area contributed by atoms with Crippen molar-refractivity contribution in [1.82, 2.24) is 4.90 Å². The van der Waals surface area contributed by atoms with Gasteiger partial charge < -0.3 is 5.32 Å². The second kappa shape index (κ2) is 5.85. The van der Waals surface area contributed by atoms with Crippen LogP contribution in [0.5, 0.6) is 0 Å². The molecule has 0 spiro atoms. The highest BCUT2D eigenvalue weighted by atomic mass is 19.1. The van der Waals surface area contributed by atoms with Crippen molar-refractivity contribution in [3.05, 3.63) is 65.5 Å². The van der Waals surface area contributed by atoms with Gasteiger partial charge in [-0.25, -0.2) is 4.39 Å². The number of nitrogens with one attached hydrogen (secondary N) is 1. The molecule has 19 heavy (non-hydrogen) atoms. The average molecular weight is 258 g/mol. The molecule has 0 amide bonds. The summed E-state index contributed by atoms with van der Waals surface area (Å²) in [6, 6.07) is 15.0. The Balaban J connectivity index is 2.45. The Hall–Kier alpha value is -1.87. The summed E-state index contributed by atoms with van der Waals surface area (Å²) in [5, 5.41) is 3.13. The molecule has 0 aliphatic rings. The molecule has 0 bridgehead atoms. The standard InChI is InChI=1S/C16H19FN2/c1-18-15-9-5-7-13(11-15)16(19(2)3)12-6-4-8-14(17)10-12/h4-11,16,18H,1-3H3. The molecule has 1 atom stereocenters. The Kier molecular flexibility index (Phi) is 4.17. The fourth-order valence-corrected chi connectivity index (χ4v) is 2.33. The van der Waals surface area contributed by atoms with Crippen molar-refractivity contribution in [2.24, 2.45) is 0 Å². The largest absolute Gasteiger partial charge is 0.388 e. The van der Waals surface area contributed by atoms with Crippen LogP contribution < -0.4 is 5.32 Å². The summed E-state index contributed by atoms with van der Waals surface area (Å²) in [5.74, 6) is -0.200. The number of hydrogen-bond acceptors (Lipinski definition) is 2. The average Bonchev–Trinajstić information content (AvgIpc) is 2.39. The zero-order valence-corrected chi connectivity index (χ0v) is 11.5. The quantitative estimate of drug-likeness (QED) is 0.902. The maximum Gasteiger partial charge on any atom is 0.123 e. The fraction of sp³-hybridized carbons (Fsp3) is 0.250. The van der Waals surface area contributed by atoms with Gasteiger partial charge in [-0.1, -0.05) is 24.3 Å². The number of rotatable bonds is 4. The zero-order chi connectivity index (χ0) is 13.8. The summed E-state index contributed by atoms with van der Waals surface area (Å²) in [4.78, 5) is 2.09. The molecule has 100 valence electrons. The summed E-state index contributed by atoms with van der Waals surface area (Å²) < 4.78 is 13.4. The van der Waals surface area contributed by atoms with E-state index in [1.54, 1.807) is 12.1 Å². The molecule has 0 saturated carbocycles. The van der Waals surface area contributed by atoms with E-state index in [1.807, 2.05) is 39.3 Å². The van der Waals surface area contributed by atoms with Gasteiger partial charge in [-0.2, -0.15) is 0 Å². The Morgan fingerprint density at radius 1 is 1.00 bits per heavy atom. The Morgan fingerprint density at radius 2 is 1.63 bits per heavy atom. The predicted octanol–water partition coefficient (Wildman–Crippen LogP) is 3.52. The molecule has 2 nitrogen and oxygen atoms in total. The van der Waals surface area contributed by atoms with E-state index in [2.05, 4.69) is 22.3 Å². The van der Waals surface area contributed by atoms with E-state index < -0.39 is 0 Å². The van der Waals surface area contributed by atoms with Crippen LogP contribution in [-0.2, 0) is 0 Å². The van der Waals surface area contributed by atoms with E-state index in [9.17, 15) is 4.39 Å². The highest BCUT2D eigenvalue weighted by molar-refractivity contribution is 5.47. The number of benzene rings is 2. The van der Waals surface area contributed by atoms with Gasteiger partial charge in [-0.15, -0.1) is 0 Å². The number of anilines is 1. The predicted molar refractivity (Wildman–Crippen MR) is 77.9 cm³/mol. The van der Waals surface area contributed by atoms with E-state index in [0.717, 1.165) is 16.8 Å². The molecule has 0 fully saturated rings. The van der Waals surface area contributed by atoms with Gasteiger partial charge in [-0.05, 0) is 49.5 Å². The van der Waals surface area contributed by atoms with Crippen LogP contribution in [0.15, 0.2) is 48.5 Å². The van der Waals surface area contributed by atoms with Crippen molar-refractivity contribution in [2.75, 3.05) is 26.5 Å². The summed E-state index contributed by atoms with van der Waals surface area (Å²) in [7, 11) is 5.90. The summed E-state index contributed by atoms with van der Waals surface area (Å²) in [6.07, 6.45) is 0. The summed E-state index contributed by atoms with van der Waals surface area (Å²) >= 11 is 0. The minimum atomic E-state index is -0.200. The van der Waals surface area contributed by atoms with Gasteiger partial charge in [0.1, 0.15) is 5.82 Å². The van der Waals surface area contributed by atoms with Gasteiger partial charge in [0.05, 0.1) is 6.04 Å². The van der Waals surface area contributed by atoms with E-state index in [-0.39, 0.29) is 11.9 Å². The van der Waals surface area contributed by atoms with Gasteiger partial charge in [0, 0.05) is 12.7 Å². The summed E-state index contributed by atoms with van der Waals surface area (Å²) in [6.45, 7) is 0. The molecular formula is C16H19FN2. The number of halogens is 1. The minimum Gasteiger partial charge on any atom is -0.388 e. The lowest BCUT2D eigenvalue weighted by atomic mass is 9.97. The first-order valence-electron chi connectivity index (χ1n) is 6.31. The van der Waals surface area contributed by atoms with Crippen LogP contribution in [0.2, 0.25) is 0 Å². The van der Waals surface area contributed by atoms with Crippen LogP contribution in [0.25, 0.3) is 0 Å². The third-order valence-corrected chi connectivity index (χ3v) is 3.17. The van der Waals surface area contributed by atoms with Gasteiger partial charge >= 0.3 is 0 Å². The molecule has 2 rings (SSSR count). The van der Waals surface area contributed by atoms with Crippen LogP contribution in [0.3, 0.4) is 0 Å². The number of hydrogen-bond donors (Lipinski definition) is 1. The monoisotopic (exact) mass is 258 g/mol. The van der Waals surface area contributed by atoms with E-state index in [4.69, 9.17) is 0 Å². The van der Waals surface area contributed by atoms with Crippen molar-refractivity contribution in [2.45, 2.75) is 6.04 Å². The van der Waals surface area contributed by atoms with Crippen molar-refractivity contribution in [3.63, 3.8) is 0 Å². The molecule has 3 heteroatoms. The summed E-state index contributed by atoms with van der Waals surface area (Å²) in [5.41, 5.74) is 3.15. The van der Waals surface area contributed by atoms with Crippen LogP contribution in [0, 0.1) is 5.82 Å². The lowest BCUT2D eigenvalue weighted by Gasteiger charge is -2.25. The van der Waals surface area contributed by atoms with Gasteiger partial charge in [0.25, 0.3) is 0 Å². The molecule has 1 unspecified atom stereocenters. The fourth-order valence-electron chi connectivity index (χ4n) is 2.33. The second-order valence-corrected chi connectivity index (χ2v) is 4.80. The second-order valence-electron chi connectivity index (χ2n) is 4.80. The third kappa shape index (κ3) is 3.12. The molecule has 1 N–H and O–H groups in total. The third-order valence-electron chi connectivity index (χ3n) is 3.17. The van der Waals surface area contributed by atoms with Crippen molar-refractivity contribution in [1.29, 1.82) is 0 Å². The highest BCUT2D eigenvalue weighted by Gasteiger charge is 2.17. The maximum absolute atomic E-state index is 13.4. The Labute approximate surface area is 113 Å². The molecule has 0 aliphatic heterocycles. The van der Waals surface area contributed by atoms with Crippen LogP contribution >= 0.6 is 0 Å². The Bertz CT molecular complexity index is 552. The van der Waals surface area contributed by atoms with Gasteiger partial charge in [0.15, 0.2) is 0 Å². The Morgan fingerprint density at radius 3 is 2.21 bits per heavy atom. The lowest BCUT2D eigenvalue weighted by molar-refractivity contribution is 0.341. The van der Waals surface area contributed by atoms with E-state index in [1.165, 1.54) is 6.07 Å². The molecule has 0 aromatic heterocycles. The topological polar surface area (TPSA) is 15.3 Å². The van der Waals surface area contributed by atoms with Crippen LogP contribution in [-0.4, -0.2) is 26.0 Å². The molecular weight excluding hydrogens is 239 g/mol. The van der Waals surface area contributed by atoms with Crippen molar-refractivity contribution >= 4 is 5.69 Å². The van der Waals surface area contributed by atoms with Crippen molar-refractivity contribution < 1.29 is 4.39 Å². The molecule has 0 heterocycles. The zero-order valence-electron chi connectivity index (χ0n) is 11.5. The first kappa shape index (κ1) is 13.6. The molecule has 2 aromatic carbocycles. The molecule has 0 radical (unpaired) electrons. The minimum absolute atomic E-state index is 0.0454. The molecule has 0 aliphatic carbocycles. The van der Waals surface area contributed by atoms with Crippen LogP contribution in [0.1, 0.15) is 17.2 Å². The number of nitrogens with zero attached hydrogens (tertiary/aromatic N) is 1. The molecule has 2 aromatic rings. The maximum atomic E-state index is 13.4. The first-order chi connectivity index (χ1) is 9.11. The van der Waals surface area contributed by atoms with Crippen molar-refractivity contribution in [3.8, 4) is 0 Å². The highest BCUT2D eigenvalue weighted by Crippen LogP contribution is 2.28. The van der Waals surface area contributed by atoms with E-state index in [0.29, 0.717) is 0 Å². The molecule has 0 saturated heterocycles. The first-order valence-corrected chi connectivity index (χ1v) is 6.31. The van der Waals surface area contributed by atoms with Crippen LogP contribution in [0.4, 0.5) is 10.1 Å². The lowest BCUT2D eigenvalue weighted by Crippen LogP contribution is -2.21. The van der Waals surface area contributed by atoms with Gasteiger partial charge in [0.2, 0.25) is 0 Å². The van der Waals surface area contributed by atoms with E-state index >= 15 is 0 Å². The normalized spacial score (nSPS) is 12.5. The van der Waals surface area contributed by atoms with Gasteiger partial charge in [-0.3, -0.25) is 4.90 Å². The SMILES string of the molecule is CNc1cccc(C(c2cccc(F)c2)N(C)C)c1. The smallest absolute Gasteiger partial charge is 0.123 e.